The van der Waals surface area contributed by atoms with Crippen molar-refractivity contribution in [3.8, 4) is 11.1 Å². The van der Waals surface area contributed by atoms with Gasteiger partial charge in [-0.1, -0.05) is 6.07 Å². The van der Waals surface area contributed by atoms with Crippen LogP contribution in [0.25, 0.3) is 11.1 Å². The largest absolute Gasteiger partial charge is 0.465 e. The molecule has 1 radical (unpaired) electrons. The van der Waals surface area contributed by atoms with Gasteiger partial charge in [-0.05, 0) is 59.1 Å². The van der Waals surface area contributed by atoms with Crippen LogP contribution < -0.4 is 0 Å². The van der Waals surface area contributed by atoms with E-state index in [-0.39, 0.29) is 39.3 Å². The van der Waals surface area contributed by atoms with Gasteiger partial charge < -0.3 is 9.47 Å². The Hall–Kier alpha value is -3.37. The molecule has 10 heteroatoms. The molecule has 1 aromatic heterocycles. The summed E-state index contributed by atoms with van der Waals surface area (Å²) in [6.45, 7) is 8.54. The second kappa shape index (κ2) is 8.77. The highest BCUT2D eigenvalue weighted by molar-refractivity contribution is 6.08. The van der Waals surface area contributed by atoms with E-state index in [0.29, 0.717) is 18.4 Å². The SMILES string of the molecule is COC(=O)c1c(C)nc(C)c(C(=O)OC)c1-c1ccc(C2(C)CCC(C)(C)N2[O])cc1[N+](=O)[O-]. The number of methoxy groups -OCH3 is 2. The molecule has 1 aliphatic rings. The van der Waals surface area contributed by atoms with Crippen LogP contribution in [-0.2, 0) is 20.2 Å². The third-order valence-electron chi connectivity index (χ3n) is 6.65. The molecule has 1 unspecified atom stereocenters. The number of aromatic nitrogens is 1. The van der Waals surface area contributed by atoms with Gasteiger partial charge in [0.15, 0.2) is 0 Å². The van der Waals surface area contributed by atoms with Gasteiger partial charge in [-0.15, -0.1) is 10.3 Å². The van der Waals surface area contributed by atoms with Crippen LogP contribution in [-0.4, -0.2) is 46.7 Å². The van der Waals surface area contributed by atoms with E-state index < -0.39 is 27.9 Å². The van der Waals surface area contributed by atoms with Crippen LogP contribution in [0.5, 0.6) is 0 Å². The molecule has 0 amide bonds. The van der Waals surface area contributed by atoms with Gasteiger partial charge in [-0.25, -0.2) is 9.59 Å². The number of nitro benzene ring substituents is 1. The van der Waals surface area contributed by atoms with Gasteiger partial charge >= 0.3 is 11.9 Å². The molecule has 0 N–H and O–H groups in total. The summed E-state index contributed by atoms with van der Waals surface area (Å²) in [5, 5.41) is 26.3. The Bertz CT molecular complexity index is 1150. The lowest BCUT2D eigenvalue weighted by atomic mass is 9.86. The molecule has 3 rings (SSSR count). The molecule has 1 aromatic carbocycles. The van der Waals surface area contributed by atoms with Crippen LogP contribution in [0, 0.1) is 24.0 Å². The highest BCUT2D eigenvalue weighted by atomic mass is 16.6. The first-order chi connectivity index (χ1) is 15.8. The number of hydrogen-bond acceptors (Lipinski definition) is 8. The number of benzene rings is 1. The predicted molar refractivity (Wildman–Crippen MR) is 122 cm³/mol. The van der Waals surface area contributed by atoms with Crippen molar-refractivity contribution < 1.29 is 29.2 Å². The van der Waals surface area contributed by atoms with Crippen molar-refractivity contribution in [3.63, 3.8) is 0 Å². The maximum absolute atomic E-state index is 13.1. The number of nitrogens with zero attached hydrogens (tertiary/aromatic N) is 3. The third kappa shape index (κ3) is 3.92. The Morgan fingerprint density at radius 1 is 1.03 bits per heavy atom. The molecule has 0 spiro atoms. The first-order valence-corrected chi connectivity index (χ1v) is 10.7. The minimum absolute atomic E-state index is 0.0119. The molecule has 10 nitrogen and oxygen atoms in total. The van der Waals surface area contributed by atoms with Gasteiger partial charge in [-0.2, -0.15) is 0 Å². The van der Waals surface area contributed by atoms with E-state index in [4.69, 9.17) is 9.47 Å². The predicted octanol–water partition coefficient (Wildman–Crippen LogP) is 4.28. The summed E-state index contributed by atoms with van der Waals surface area (Å²) < 4.78 is 9.79. The number of pyridine rings is 1. The molecule has 0 bridgehead atoms. The fraction of sp³-hybridized carbons (Fsp3) is 0.458. The van der Waals surface area contributed by atoms with Gasteiger partial charge in [0.05, 0.1) is 52.8 Å². The van der Waals surface area contributed by atoms with Crippen molar-refractivity contribution in [2.24, 2.45) is 0 Å². The van der Waals surface area contributed by atoms with Gasteiger partial charge in [0.1, 0.15) is 0 Å². The van der Waals surface area contributed by atoms with Gasteiger partial charge in [-0.3, -0.25) is 15.1 Å². The number of rotatable bonds is 5. The molecule has 1 atom stereocenters. The van der Waals surface area contributed by atoms with Crippen LogP contribution in [0.15, 0.2) is 18.2 Å². The van der Waals surface area contributed by atoms with Crippen LogP contribution in [0.1, 0.15) is 71.3 Å². The summed E-state index contributed by atoms with van der Waals surface area (Å²) in [5.74, 6) is -1.59. The van der Waals surface area contributed by atoms with Crippen molar-refractivity contribution in [3.05, 3.63) is 56.4 Å². The molecule has 1 fully saturated rings. The zero-order valence-electron chi connectivity index (χ0n) is 20.3. The minimum Gasteiger partial charge on any atom is -0.465 e. The number of carbonyl (C=O) groups is 2. The van der Waals surface area contributed by atoms with E-state index in [1.807, 2.05) is 13.8 Å². The Morgan fingerprint density at radius 2 is 1.56 bits per heavy atom. The second-order valence-corrected chi connectivity index (χ2v) is 9.26. The highest BCUT2D eigenvalue weighted by Gasteiger charge is 2.50. The fourth-order valence-corrected chi connectivity index (χ4v) is 4.73. The van der Waals surface area contributed by atoms with E-state index >= 15 is 0 Å². The van der Waals surface area contributed by atoms with Crippen molar-refractivity contribution in [2.75, 3.05) is 14.2 Å². The maximum Gasteiger partial charge on any atom is 0.340 e. The third-order valence-corrected chi connectivity index (χ3v) is 6.65. The molecule has 181 valence electrons. The molecular weight excluding hydrogens is 442 g/mol. The number of esters is 2. The smallest absolute Gasteiger partial charge is 0.340 e. The van der Waals surface area contributed by atoms with Crippen LogP contribution >= 0.6 is 0 Å². The summed E-state index contributed by atoms with van der Waals surface area (Å²) in [6.07, 6.45) is 1.15. The van der Waals surface area contributed by atoms with Crippen molar-refractivity contribution in [1.82, 2.24) is 10.0 Å². The van der Waals surface area contributed by atoms with Crippen LogP contribution in [0.2, 0.25) is 0 Å². The minimum atomic E-state index is -0.965. The zero-order valence-corrected chi connectivity index (χ0v) is 20.3. The first-order valence-electron chi connectivity index (χ1n) is 10.7. The summed E-state index contributed by atoms with van der Waals surface area (Å²) >= 11 is 0. The molecule has 2 heterocycles. The van der Waals surface area contributed by atoms with E-state index in [1.165, 1.54) is 26.4 Å². The first kappa shape index (κ1) is 25.3. The molecule has 34 heavy (non-hydrogen) atoms. The lowest BCUT2D eigenvalue weighted by Crippen LogP contribution is -2.44. The number of nitro groups is 1. The summed E-state index contributed by atoms with van der Waals surface area (Å²) in [7, 11) is 2.35. The number of hydrogen-bond donors (Lipinski definition) is 0. The Morgan fingerprint density at radius 3 is 1.97 bits per heavy atom. The lowest BCUT2D eigenvalue weighted by Gasteiger charge is -2.35. The van der Waals surface area contributed by atoms with E-state index in [0.717, 1.165) is 5.06 Å². The molecule has 1 aliphatic heterocycles. The Balaban J connectivity index is 2.38. The Kier molecular flexibility index (Phi) is 6.51. The average molecular weight is 471 g/mol. The number of ether oxygens (including phenoxy) is 2. The van der Waals surface area contributed by atoms with E-state index in [2.05, 4.69) is 4.98 Å². The summed E-state index contributed by atoms with van der Waals surface area (Å²) in [4.78, 5) is 41.3. The zero-order chi connectivity index (χ0) is 25.6. The fourth-order valence-electron chi connectivity index (χ4n) is 4.73. The Labute approximate surface area is 197 Å². The van der Waals surface area contributed by atoms with Crippen molar-refractivity contribution in [2.45, 2.75) is 58.5 Å². The molecule has 2 aromatic rings. The van der Waals surface area contributed by atoms with Gasteiger partial charge in [0.25, 0.3) is 5.69 Å². The maximum atomic E-state index is 13.1. The van der Waals surface area contributed by atoms with Gasteiger partial charge in [0.2, 0.25) is 0 Å². The van der Waals surface area contributed by atoms with Crippen molar-refractivity contribution in [1.29, 1.82) is 0 Å². The number of carbonyl (C=O) groups excluding carboxylic acids is 2. The van der Waals surface area contributed by atoms with Crippen LogP contribution in [0.3, 0.4) is 0 Å². The van der Waals surface area contributed by atoms with E-state index in [9.17, 15) is 24.9 Å². The van der Waals surface area contributed by atoms with Gasteiger partial charge in [0, 0.05) is 17.2 Å². The monoisotopic (exact) mass is 470 g/mol. The highest BCUT2D eigenvalue weighted by Crippen LogP contribution is 2.48. The molecule has 0 saturated carbocycles. The number of aryl methyl sites for hydroxylation is 2. The normalized spacial score (nSPS) is 19.6. The van der Waals surface area contributed by atoms with Crippen molar-refractivity contribution >= 4 is 17.6 Å². The topological polar surface area (TPSA) is 132 Å². The average Bonchev–Trinajstić information content (AvgIpc) is 3.01. The van der Waals surface area contributed by atoms with Crippen LogP contribution in [0.4, 0.5) is 5.69 Å². The quantitative estimate of drug-likeness (QED) is 0.359. The van der Waals surface area contributed by atoms with E-state index in [1.54, 1.807) is 26.8 Å². The molecule has 0 aliphatic carbocycles. The molecule has 1 saturated heterocycles. The standard InChI is InChI=1S/C24H28N3O7/c1-13-18(21(28)33-6)20(19(14(2)25-13)22(29)34-7)16-9-8-15(12-17(16)26(30)31)24(5)11-10-23(3,4)27(24)32/h8-9,12H,10-11H2,1-7H3. The second-order valence-electron chi connectivity index (χ2n) is 9.26. The molecular formula is C24H28N3O7. The summed E-state index contributed by atoms with van der Waals surface area (Å²) in [5.41, 5.74) is -1.04. The lowest BCUT2D eigenvalue weighted by molar-refractivity contribution is -0.384. The summed E-state index contributed by atoms with van der Waals surface area (Å²) in [6, 6.07) is 4.43. The number of hydroxylamine groups is 2.